The summed E-state index contributed by atoms with van der Waals surface area (Å²) in [5.74, 6) is 0.0651. The number of benzene rings is 2. The maximum Gasteiger partial charge on any atom is 0.335 e. The number of likely N-dealkylation sites (N-methyl/N-ethyl adjacent to an activating group) is 1. The van der Waals surface area contributed by atoms with Crippen LogP contribution in [-0.2, 0) is 4.79 Å². The summed E-state index contributed by atoms with van der Waals surface area (Å²) >= 11 is 1.30. The van der Waals surface area contributed by atoms with Gasteiger partial charge in [0.1, 0.15) is 5.75 Å². The first-order valence-corrected chi connectivity index (χ1v) is 10.9. The average molecular weight is 439 g/mol. The number of amidine groups is 1. The summed E-state index contributed by atoms with van der Waals surface area (Å²) < 4.78 is 5.79. The normalized spacial score (nSPS) is 16.6. The van der Waals surface area contributed by atoms with Crippen LogP contribution in [0.4, 0.5) is 5.69 Å². The number of carboxylic acids is 1. The molecule has 2 aromatic carbocycles. The monoisotopic (exact) mass is 438 g/mol. The standard InChI is InChI=1S/C24H26N2O4S/c1-6-30-20-11-15(4)17(12-19(20)14(2)3)13-21-22(27)26(5)24(31-21)25-18-9-7-16(8-10-18)23(28)29/h7-14H,6H2,1-5H3,(H,28,29). The Bertz CT molecular complexity index is 1070. The predicted molar refractivity (Wildman–Crippen MR) is 125 cm³/mol. The molecule has 1 N–H and O–H groups in total. The van der Waals surface area contributed by atoms with Crippen LogP contribution >= 0.6 is 11.8 Å². The van der Waals surface area contributed by atoms with E-state index in [2.05, 4.69) is 24.9 Å². The maximum absolute atomic E-state index is 12.8. The molecule has 0 bridgehead atoms. The van der Waals surface area contributed by atoms with E-state index in [-0.39, 0.29) is 11.5 Å². The quantitative estimate of drug-likeness (QED) is 0.607. The second-order valence-electron chi connectivity index (χ2n) is 7.56. The average Bonchev–Trinajstić information content (AvgIpc) is 2.98. The van der Waals surface area contributed by atoms with E-state index < -0.39 is 5.97 Å². The molecule has 1 fully saturated rings. The Labute approximate surface area is 186 Å². The zero-order chi connectivity index (χ0) is 22.7. The van der Waals surface area contributed by atoms with E-state index in [1.54, 1.807) is 19.2 Å². The number of amides is 1. The Morgan fingerprint density at radius 3 is 2.52 bits per heavy atom. The highest BCUT2D eigenvalue weighted by Crippen LogP contribution is 2.36. The zero-order valence-corrected chi connectivity index (χ0v) is 19.1. The molecule has 0 atom stereocenters. The fraction of sp³-hybridized carbons (Fsp3) is 0.292. The van der Waals surface area contributed by atoms with E-state index in [9.17, 15) is 9.59 Å². The number of rotatable bonds is 6. The second-order valence-corrected chi connectivity index (χ2v) is 8.56. The van der Waals surface area contributed by atoms with Crippen LogP contribution < -0.4 is 4.74 Å². The fourth-order valence-corrected chi connectivity index (χ4v) is 4.16. The lowest BCUT2D eigenvalue weighted by Gasteiger charge is -2.16. The fourth-order valence-electron chi connectivity index (χ4n) is 3.18. The summed E-state index contributed by atoms with van der Waals surface area (Å²) in [6, 6.07) is 10.4. The third-order valence-electron chi connectivity index (χ3n) is 4.95. The molecular weight excluding hydrogens is 412 g/mol. The van der Waals surface area contributed by atoms with Gasteiger partial charge in [-0.15, -0.1) is 0 Å². The Morgan fingerprint density at radius 2 is 1.94 bits per heavy atom. The third kappa shape index (κ3) is 4.99. The molecular formula is C24H26N2O4S. The van der Waals surface area contributed by atoms with E-state index >= 15 is 0 Å². The lowest BCUT2D eigenvalue weighted by Crippen LogP contribution is -2.23. The molecule has 1 heterocycles. The lowest BCUT2D eigenvalue weighted by atomic mass is 9.96. The summed E-state index contributed by atoms with van der Waals surface area (Å²) in [6.45, 7) is 8.81. The minimum atomic E-state index is -0.988. The van der Waals surface area contributed by atoms with Gasteiger partial charge in [-0.25, -0.2) is 9.79 Å². The smallest absolute Gasteiger partial charge is 0.335 e. The molecule has 0 aliphatic carbocycles. The molecule has 1 aliphatic rings. The molecule has 0 saturated carbocycles. The van der Waals surface area contributed by atoms with Crippen LogP contribution in [0.1, 0.15) is 53.7 Å². The van der Waals surface area contributed by atoms with Crippen LogP contribution in [-0.4, -0.2) is 40.7 Å². The second kappa shape index (κ2) is 9.39. The molecule has 1 saturated heterocycles. The number of carbonyl (C=O) groups is 2. The molecule has 0 spiro atoms. The van der Waals surface area contributed by atoms with Gasteiger partial charge < -0.3 is 9.84 Å². The summed E-state index contributed by atoms with van der Waals surface area (Å²) in [4.78, 5) is 30.4. The zero-order valence-electron chi connectivity index (χ0n) is 18.3. The van der Waals surface area contributed by atoms with Gasteiger partial charge in [0.15, 0.2) is 5.17 Å². The molecule has 162 valence electrons. The SMILES string of the molecule is CCOc1cc(C)c(C=C2SC(=Nc3ccc(C(=O)O)cc3)N(C)C2=O)cc1C(C)C. The van der Waals surface area contributed by atoms with Gasteiger partial charge in [-0.05, 0) is 90.7 Å². The summed E-state index contributed by atoms with van der Waals surface area (Å²) in [6.07, 6.45) is 1.90. The molecule has 1 aliphatic heterocycles. The van der Waals surface area contributed by atoms with E-state index in [0.29, 0.717) is 28.3 Å². The van der Waals surface area contributed by atoms with Crippen molar-refractivity contribution in [2.45, 2.75) is 33.6 Å². The van der Waals surface area contributed by atoms with Gasteiger partial charge in [-0.1, -0.05) is 13.8 Å². The molecule has 3 rings (SSSR count). The number of carboxylic acid groups (broad SMARTS) is 1. The van der Waals surface area contributed by atoms with Crippen molar-refractivity contribution in [3.05, 3.63) is 63.6 Å². The van der Waals surface area contributed by atoms with Crippen LogP contribution in [0.15, 0.2) is 46.3 Å². The lowest BCUT2D eigenvalue weighted by molar-refractivity contribution is -0.121. The largest absolute Gasteiger partial charge is 0.494 e. The van der Waals surface area contributed by atoms with Crippen molar-refractivity contribution in [3.8, 4) is 5.75 Å². The highest BCUT2D eigenvalue weighted by molar-refractivity contribution is 8.18. The number of aromatic carboxylic acids is 1. The predicted octanol–water partition coefficient (Wildman–Crippen LogP) is 5.45. The van der Waals surface area contributed by atoms with Crippen LogP contribution in [0.3, 0.4) is 0 Å². The van der Waals surface area contributed by atoms with Gasteiger partial charge in [0.2, 0.25) is 0 Å². The van der Waals surface area contributed by atoms with Crippen molar-refractivity contribution in [1.29, 1.82) is 0 Å². The number of aryl methyl sites for hydroxylation is 1. The first-order valence-electron chi connectivity index (χ1n) is 10.1. The minimum absolute atomic E-state index is 0.120. The van der Waals surface area contributed by atoms with Crippen molar-refractivity contribution >= 4 is 40.6 Å². The first kappa shape index (κ1) is 22.6. The number of ether oxygens (including phenoxy) is 1. The summed E-state index contributed by atoms with van der Waals surface area (Å²) in [5, 5.41) is 9.57. The summed E-state index contributed by atoms with van der Waals surface area (Å²) in [5.41, 5.74) is 3.90. The number of carbonyl (C=O) groups excluding carboxylic acids is 1. The van der Waals surface area contributed by atoms with Gasteiger partial charge in [0.25, 0.3) is 5.91 Å². The minimum Gasteiger partial charge on any atom is -0.494 e. The maximum atomic E-state index is 12.8. The number of thioether (sulfide) groups is 1. The number of hydrogen-bond donors (Lipinski definition) is 1. The Balaban J connectivity index is 1.93. The highest BCUT2D eigenvalue weighted by Gasteiger charge is 2.30. The topological polar surface area (TPSA) is 79.2 Å². The van der Waals surface area contributed by atoms with Crippen LogP contribution in [0, 0.1) is 6.92 Å². The van der Waals surface area contributed by atoms with Crippen molar-refractivity contribution in [2.75, 3.05) is 13.7 Å². The Kier molecular flexibility index (Phi) is 6.85. The molecule has 1 amide bonds. The van der Waals surface area contributed by atoms with E-state index in [0.717, 1.165) is 22.4 Å². The number of hydrogen-bond acceptors (Lipinski definition) is 5. The van der Waals surface area contributed by atoms with E-state index in [1.807, 2.05) is 26.0 Å². The highest BCUT2D eigenvalue weighted by atomic mass is 32.2. The molecule has 2 aromatic rings. The Morgan fingerprint density at radius 1 is 1.26 bits per heavy atom. The van der Waals surface area contributed by atoms with Crippen molar-refractivity contribution in [1.82, 2.24) is 4.90 Å². The third-order valence-corrected chi connectivity index (χ3v) is 6.01. The van der Waals surface area contributed by atoms with Gasteiger partial charge >= 0.3 is 5.97 Å². The Hall–Kier alpha value is -3.06. The van der Waals surface area contributed by atoms with E-state index in [4.69, 9.17) is 9.84 Å². The molecule has 31 heavy (non-hydrogen) atoms. The number of nitrogens with zero attached hydrogens (tertiary/aromatic N) is 2. The molecule has 0 unspecified atom stereocenters. The summed E-state index contributed by atoms with van der Waals surface area (Å²) in [7, 11) is 1.69. The van der Waals surface area contributed by atoms with Crippen LogP contribution in [0.25, 0.3) is 6.08 Å². The molecule has 7 heteroatoms. The van der Waals surface area contributed by atoms with Gasteiger partial charge in [-0.2, -0.15) is 0 Å². The van der Waals surface area contributed by atoms with E-state index in [1.165, 1.54) is 28.8 Å². The van der Waals surface area contributed by atoms with Crippen LogP contribution in [0.2, 0.25) is 0 Å². The van der Waals surface area contributed by atoms with Gasteiger partial charge in [-0.3, -0.25) is 9.69 Å². The molecule has 6 nitrogen and oxygen atoms in total. The van der Waals surface area contributed by atoms with Gasteiger partial charge in [0, 0.05) is 7.05 Å². The van der Waals surface area contributed by atoms with Crippen molar-refractivity contribution in [3.63, 3.8) is 0 Å². The van der Waals surface area contributed by atoms with Crippen molar-refractivity contribution in [2.24, 2.45) is 4.99 Å². The van der Waals surface area contributed by atoms with Crippen LogP contribution in [0.5, 0.6) is 5.75 Å². The molecule has 0 aromatic heterocycles. The molecule has 0 radical (unpaired) electrons. The van der Waals surface area contributed by atoms with Crippen molar-refractivity contribution < 1.29 is 19.4 Å². The first-order chi connectivity index (χ1) is 14.7. The number of aliphatic imine (C=N–C) groups is 1. The van der Waals surface area contributed by atoms with Gasteiger partial charge in [0.05, 0.1) is 22.8 Å².